The second-order valence-electron chi connectivity index (χ2n) is 4.85. The van der Waals surface area contributed by atoms with E-state index in [1.165, 1.54) is 0 Å². The average Bonchev–Trinajstić information content (AvgIpc) is 3.17. The number of hydrogen-bond acceptors (Lipinski definition) is 2. The van der Waals surface area contributed by atoms with Gasteiger partial charge < -0.3 is 10.4 Å². The van der Waals surface area contributed by atoms with Crippen molar-refractivity contribution < 1.29 is 9.90 Å². The first-order valence-corrected chi connectivity index (χ1v) is 6.68. The second kappa shape index (κ2) is 5.29. The Hall–Kier alpha value is -1.06. The number of nitrogens with one attached hydrogen (secondary N) is 1. The number of aliphatic hydroxyl groups is 1. The molecule has 0 heterocycles. The van der Waals surface area contributed by atoms with Gasteiger partial charge in [-0.05, 0) is 37.0 Å². The van der Waals surface area contributed by atoms with Gasteiger partial charge in [-0.3, -0.25) is 4.79 Å². The molecule has 1 amide bonds. The van der Waals surface area contributed by atoms with Crippen LogP contribution in [0.2, 0.25) is 5.02 Å². The summed E-state index contributed by atoms with van der Waals surface area (Å²) in [4.78, 5) is 12.3. The summed E-state index contributed by atoms with van der Waals surface area (Å²) < 4.78 is 0. The minimum absolute atomic E-state index is 0.00525. The summed E-state index contributed by atoms with van der Waals surface area (Å²) in [5.74, 6) is 0.00525. The van der Waals surface area contributed by atoms with Crippen molar-refractivity contribution in [1.82, 2.24) is 5.32 Å². The Morgan fingerprint density at radius 3 is 2.78 bits per heavy atom. The van der Waals surface area contributed by atoms with Crippen LogP contribution >= 0.6 is 11.6 Å². The van der Waals surface area contributed by atoms with Gasteiger partial charge in [0, 0.05) is 5.02 Å². The fourth-order valence-corrected chi connectivity index (χ4v) is 2.35. The molecule has 4 heteroatoms. The molecule has 1 aromatic carbocycles. The monoisotopic (exact) mass is 267 g/mol. The maximum atomic E-state index is 12.3. The van der Waals surface area contributed by atoms with Gasteiger partial charge in [0.25, 0.3) is 0 Å². The van der Waals surface area contributed by atoms with Crippen LogP contribution < -0.4 is 5.32 Å². The Balaban J connectivity index is 2.14. The zero-order valence-corrected chi connectivity index (χ0v) is 11.2. The number of carbonyl (C=O) groups excluding carboxylic acids is 1. The zero-order valence-electron chi connectivity index (χ0n) is 10.4. The lowest BCUT2D eigenvalue weighted by molar-refractivity contribution is -0.124. The largest absolute Gasteiger partial charge is 0.394 e. The van der Waals surface area contributed by atoms with Crippen molar-refractivity contribution in [3.05, 3.63) is 34.9 Å². The number of rotatable bonds is 5. The standard InChI is InChI=1S/C14H18ClNO2/c1-2-12(9-17)16-13(18)14(6-7-14)10-4-3-5-11(15)8-10/h3-5,8,12,17H,2,6-7,9H2,1H3,(H,16,18). The topological polar surface area (TPSA) is 49.3 Å². The van der Waals surface area contributed by atoms with Crippen LogP contribution in [0.3, 0.4) is 0 Å². The van der Waals surface area contributed by atoms with E-state index in [-0.39, 0.29) is 18.6 Å². The fraction of sp³-hybridized carbons (Fsp3) is 0.500. The highest BCUT2D eigenvalue weighted by Gasteiger charge is 2.51. The van der Waals surface area contributed by atoms with Crippen molar-refractivity contribution in [2.75, 3.05) is 6.61 Å². The molecule has 3 nitrogen and oxygen atoms in total. The molecule has 0 aliphatic heterocycles. The number of amides is 1. The van der Waals surface area contributed by atoms with Crippen LogP contribution in [0.25, 0.3) is 0 Å². The number of carbonyl (C=O) groups is 1. The van der Waals surface area contributed by atoms with Crippen molar-refractivity contribution in [3.63, 3.8) is 0 Å². The molecule has 98 valence electrons. The van der Waals surface area contributed by atoms with E-state index in [1.54, 1.807) is 0 Å². The predicted octanol–water partition coefficient (Wildman–Crippen LogP) is 2.26. The van der Waals surface area contributed by atoms with Crippen LogP contribution in [-0.4, -0.2) is 23.7 Å². The first kappa shape index (κ1) is 13.4. The zero-order chi connectivity index (χ0) is 13.2. The molecule has 0 bridgehead atoms. The third-order valence-electron chi connectivity index (χ3n) is 3.61. The quantitative estimate of drug-likeness (QED) is 0.860. The highest BCUT2D eigenvalue weighted by molar-refractivity contribution is 6.30. The molecule has 0 aromatic heterocycles. The number of hydrogen-bond donors (Lipinski definition) is 2. The van der Waals surface area contributed by atoms with Gasteiger partial charge in [0.2, 0.25) is 5.91 Å². The summed E-state index contributed by atoms with van der Waals surface area (Å²) in [6.07, 6.45) is 2.43. The highest BCUT2D eigenvalue weighted by atomic mass is 35.5. The molecule has 0 spiro atoms. The molecule has 1 unspecified atom stereocenters. The van der Waals surface area contributed by atoms with Crippen LogP contribution in [0.15, 0.2) is 24.3 Å². The molecular formula is C14H18ClNO2. The summed E-state index contributed by atoms with van der Waals surface area (Å²) in [5.41, 5.74) is 0.549. The SMILES string of the molecule is CCC(CO)NC(=O)C1(c2cccc(Cl)c2)CC1. The molecule has 2 N–H and O–H groups in total. The van der Waals surface area contributed by atoms with Gasteiger partial charge in [-0.2, -0.15) is 0 Å². The van der Waals surface area contributed by atoms with E-state index in [9.17, 15) is 4.79 Å². The van der Waals surface area contributed by atoms with Crippen LogP contribution in [0.5, 0.6) is 0 Å². The second-order valence-corrected chi connectivity index (χ2v) is 5.29. The molecule has 1 aromatic rings. The molecule has 1 aliphatic rings. The van der Waals surface area contributed by atoms with Crippen molar-refractivity contribution in [2.45, 2.75) is 37.6 Å². The lowest BCUT2D eigenvalue weighted by Gasteiger charge is -2.20. The summed E-state index contributed by atoms with van der Waals surface area (Å²) >= 11 is 5.97. The minimum atomic E-state index is -0.423. The molecule has 18 heavy (non-hydrogen) atoms. The van der Waals surface area contributed by atoms with Crippen LogP contribution in [0.1, 0.15) is 31.7 Å². The maximum Gasteiger partial charge on any atom is 0.230 e. The molecule has 0 radical (unpaired) electrons. The maximum absolute atomic E-state index is 12.3. The molecular weight excluding hydrogens is 250 g/mol. The number of halogens is 1. The van der Waals surface area contributed by atoms with Crippen LogP contribution in [0, 0.1) is 0 Å². The summed E-state index contributed by atoms with van der Waals surface area (Å²) in [6.45, 7) is 1.92. The molecule has 1 fully saturated rings. The van der Waals surface area contributed by atoms with Gasteiger partial charge >= 0.3 is 0 Å². The lowest BCUT2D eigenvalue weighted by atomic mass is 9.94. The first-order chi connectivity index (χ1) is 8.62. The molecule has 0 saturated heterocycles. The molecule has 2 rings (SSSR count). The number of benzene rings is 1. The minimum Gasteiger partial charge on any atom is -0.394 e. The third kappa shape index (κ3) is 2.52. The summed E-state index contributed by atoms with van der Waals surface area (Å²) in [5, 5.41) is 12.7. The average molecular weight is 268 g/mol. The van der Waals surface area contributed by atoms with E-state index in [0.29, 0.717) is 5.02 Å². The van der Waals surface area contributed by atoms with Crippen molar-refractivity contribution in [2.24, 2.45) is 0 Å². The Morgan fingerprint density at radius 2 is 2.28 bits per heavy atom. The Bertz CT molecular complexity index is 439. The van der Waals surface area contributed by atoms with E-state index >= 15 is 0 Å². The van der Waals surface area contributed by atoms with Crippen molar-refractivity contribution in [1.29, 1.82) is 0 Å². The third-order valence-corrected chi connectivity index (χ3v) is 3.85. The Morgan fingerprint density at radius 1 is 1.56 bits per heavy atom. The normalized spacial score (nSPS) is 18.2. The van der Waals surface area contributed by atoms with Gasteiger partial charge in [0.05, 0.1) is 18.1 Å². The van der Waals surface area contributed by atoms with E-state index in [2.05, 4.69) is 5.32 Å². The van der Waals surface area contributed by atoms with E-state index in [4.69, 9.17) is 16.7 Å². The lowest BCUT2D eigenvalue weighted by Crippen LogP contribution is -2.43. The number of aliphatic hydroxyl groups excluding tert-OH is 1. The molecule has 1 atom stereocenters. The van der Waals surface area contributed by atoms with Crippen LogP contribution in [-0.2, 0) is 10.2 Å². The van der Waals surface area contributed by atoms with Crippen LogP contribution in [0.4, 0.5) is 0 Å². The Labute approximate surface area is 112 Å². The fourth-order valence-electron chi connectivity index (χ4n) is 2.16. The van der Waals surface area contributed by atoms with Gasteiger partial charge in [-0.25, -0.2) is 0 Å². The van der Waals surface area contributed by atoms with E-state index in [1.807, 2.05) is 31.2 Å². The van der Waals surface area contributed by atoms with Gasteiger partial charge in [-0.1, -0.05) is 30.7 Å². The first-order valence-electron chi connectivity index (χ1n) is 6.30. The smallest absolute Gasteiger partial charge is 0.230 e. The Kier molecular flexibility index (Phi) is 3.93. The van der Waals surface area contributed by atoms with E-state index < -0.39 is 5.41 Å². The molecule has 1 aliphatic carbocycles. The van der Waals surface area contributed by atoms with Gasteiger partial charge in [-0.15, -0.1) is 0 Å². The highest BCUT2D eigenvalue weighted by Crippen LogP contribution is 2.48. The summed E-state index contributed by atoms with van der Waals surface area (Å²) in [7, 11) is 0. The molecule has 1 saturated carbocycles. The summed E-state index contributed by atoms with van der Waals surface area (Å²) in [6, 6.07) is 7.32. The van der Waals surface area contributed by atoms with E-state index in [0.717, 1.165) is 24.8 Å². The van der Waals surface area contributed by atoms with Gasteiger partial charge in [0.1, 0.15) is 0 Å². The van der Waals surface area contributed by atoms with Crippen molar-refractivity contribution in [3.8, 4) is 0 Å². The van der Waals surface area contributed by atoms with Crippen molar-refractivity contribution >= 4 is 17.5 Å². The van der Waals surface area contributed by atoms with Gasteiger partial charge in [0.15, 0.2) is 0 Å². The predicted molar refractivity (Wildman–Crippen MR) is 71.7 cm³/mol.